The van der Waals surface area contributed by atoms with Crippen molar-refractivity contribution in [2.24, 2.45) is 5.73 Å². The van der Waals surface area contributed by atoms with Gasteiger partial charge in [-0.3, -0.25) is 4.79 Å². The summed E-state index contributed by atoms with van der Waals surface area (Å²) in [7, 11) is 0. The number of nitrogens with zero attached hydrogens (tertiary/aromatic N) is 1. The maximum Gasteiger partial charge on any atom is 0.224 e. The molecule has 0 unspecified atom stereocenters. The van der Waals surface area contributed by atoms with Crippen molar-refractivity contribution < 1.29 is 4.79 Å². The van der Waals surface area contributed by atoms with E-state index < -0.39 is 0 Å². The van der Waals surface area contributed by atoms with Gasteiger partial charge in [0, 0.05) is 23.4 Å². The predicted molar refractivity (Wildman–Crippen MR) is 85.0 cm³/mol. The molecule has 5 heteroatoms. The molecule has 1 heterocycles. The first-order valence-electron chi connectivity index (χ1n) is 7.33. The van der Waals surface area contributed by atoms with Gasteiger partial charge in [0.1, 0.15) is 0 Å². The van der Waals surface area contributed by atoms with Crippen LogP contribution in [0.2, 0.25) is 4.34 Å². The highest BCUT2D eigenvalue weighted by atomic mass is 35.5. The van der Waals surface area contributed by atoms with E-state index in [1.807, 2.05) is 24.0 Å². The first kappa shape index (κ1) is 15.8. The maximum absolute atomic E-state index is 12.5. The fourth-order valence-corrected chi connectivity index (χ4v) is 3.95. The number of rotatable bonds is 5. The van der Waals surface area contributed by atoms with Crippen LogP contribution in [0, 0.1) is 0 Å². The molecule has 1 aliphatic rings. The third kappa shape index (κ3) is 4.21. The Morgan fingerprint density at radius 3 is 2.65 bits per heavy atom. The number of halogens is 1. The van der Waals surface area contributed by atoms with Crippen LogP contribution in [-0.4, -0.2) is 22.9 Å². The van der Waals surface area contributed by atoms with E-state index in [9.17, 15) is 4.79 Å². The summed E-state index contributed by atoms with van der Waals surface area (Å²) in [6, 6.07) is 3.87. The Kier molecular flexibility index (Phi) is 5.47. The van der Waals surface area contributed by atoms with Gasteiger partial charge in [0.05, 0.1) is 10.9 Å². The third-order valence-electron chi connectivity index (χ3n) is 4.06. The lowest BCUT2D eigenvalue weighted by Crippen LogP contribution is -2.46. The summed E-state index contributed by atoms with van der Waals surface area (Å²) in [5.41, 5.74) is 6.10. The van der Waals surface area contributed by atoms with Gasteiger partial charge in [-0.2, -0.15) is 0 Å². The van der Waals surface area contributed by atoms with Gasteiger partial charge in [-0.1, -0.05) is 30.9 Å². The SMILES string of the molecule is CCN(Cc1ccc(Cl)s1)C(=O)CC1(N)CCCCC1. The van der Waals surface area contributed by atoms with Crippen LogP contribution in [0.25, 0.3) is 0 Å². The first-order valence-corrected chi connectivity index (χ1v) is 8.53. The quantitative estimate of drug-likeness (QED) is 0.898. The molecule has 1 aromatic rings. The molecule has 2 rings (SSSR count). The molecule has 20 heavy (non-hydrogen) atoms. The van der Waals surface area contributed by atoms with E-state index in [1.54, 1.807) is 0 Å². The molecule has 0 atom stereocenters. The van der Waals surface area contributed by atoms with Crippen LogP contribution >= 0.6 is 22.9 Å². The second kappa shape index (κ2) is 6.92. The minimum atomic E-state index is -0.282. The molecular weight excluding hydrogens is 292 g/mol. The van der Waals surface area contributed by atoms with E-state index in [4.69, 9.17) is 17.3 Å². The van der Waals surface area contributed by atoms with E-state index >= 15 is 0 Å². The Labute approximate surface area is 130 Å². The molecule has 112 valence electrons. The predicted octanol–water partition coefficient (Wildman–Crippen LogP) is 3.80. The molecule has 0 aromatic carbocycles. The van der Waals surface area contributed by atoms with Gasteiger partial charge in [0.15, 0.2) is 0 Å². The van der Waals surface area contributed by atoms with Crippen molar-refractivity contribution >= 4 is 28.8 Å². The highest BCUT2D eigenvalue weighted by molar-refractivity contribution is 7.16. The minimum Gasteiger partial charge on any atom is -0.338 e. The largest absolute Gasteiger partial charge is 0.338 e. The Hall–Kier alpha value is -0.580. The molecule has 1 saturated carbocycles. The van der Waals surface area contributed by atoms with Crippen molar-refractivity contribution in [2.45, 2.75) is 57.5 Å². The zero-order valence-electron chi connectivity index (χ0n) is 12.0. The molecule has 1 aliphatic carbocycles. The van der Waals surface area contributed by atoms with Crippen LogP contribution in [0.4, 0.5) is 0 Å². The van der Waals surface area contributed by atoms with Gasteiger partial charge in [0.2, 0.25) is 5.91 Å². The van der Waals surface area contributed by atoms with Crippen molar-refractivity contribution in [3.63, 3.8) is 0 Å². The lowest BCUT2D eigenvalue weighted by Gasteiger charge is -2.34. The number of carbonyl (C=O) groups is 1. The van der Waals surface area contributed by atoms with Gasteiger partial charge >= 0.3 is 0 Å². The Morgan fingerprint density at radius 1 is 1.40 bits per heavy atom. The zero-order chi connectivity index (χ0) is 14.6. The number of hydrogen-bond donors (Lipinski definition) is 1. The topological polar surface area (TPSA) is 46.3 Å². The van der Waals surface area contributed by atoms with Crippen LogP contribution in [0.15, 0.2) is 12.1 Å². The van der Waals surface area contributed by atoms with Gasteiger partial charge < -0.3 is 10.6 Å². The number of hydrogen-bond acceptors (Lipinski definition) is 3. The molecule has 1 fully saturated rings. The monoisotopic (exact) mass is 314 g/mol. The van der Waals surface area contributed by atoms with Gasteiger partial charge in [-0.15, -0.1) is 11.3 Å². The summed E-state index contributed by atoms with van der Waals surface area (Å²) in [6.45, 7) is 3.37. The Morgan fingerprint density at radius 2 is 2.10 bits per heavy atom. The summed E-state index contributed by atoms with van der Waals surface area (Å²) >= 11 is 7.47. The summed E-state index contributed by atoms with van der Waals surface area (Å²) in [6.07, 6.45) is 5.97. The van der Waals surface area contributed by atoms with Crippen LogP contribution < -0.4 is 5.73 Å². The molecule has 3 nitrogen and oxygen atoms in total. The molecule has 0 aliphatic heterocycles. The highest BCUT2D eigenvalue weighted by Crippen LogP contribution is 2.30. The van der Waals surface area contributed by atoms with Gasteiger partial charge in [-0.25, -0.2) is 0 Å². The zero-order valence-corrected chi connectivity index (χ0v) is 13.6. The Balaban J connectivity index is 1.94. The molecule has 2 N–H and O–H groups in total. The molecule has 0 saturated heterocycles. The number of nitrogens with two attached hydrogens (primary N) is 1. The molecule has 0 spiro atoms. The van der Waals surface area contributed by atoms with Crippen molar-refractivity contribution in [1.29, 1.82) is 0 Å². The lowest BCUT2D eigenvalue weighted by molar-refractivity contribution is -0.133. The minimum absolute atomic E-state index is 0.168. The normalized spacial score (nSPS) is 17.9. The highest BCUT2D eigenvalue weighted by Gasteiger charge is 2.31. The van der Waals surface area contributed by atoms with Crippen LogP contribution in [-0.2, 0) is 11.3 Å². The maximum atomic E-state index is 12.5. The second-order valence-corrected chi connectivity index (χ2v) is 7.51. The molecule has 0 radical (unpaired) electrons. The average molecular weight is 315 g/mol. The lowest BCUT2D eigenvalue weighted by atomic mass is 9.80. The van der Waals surface area contributed by atoms with E-state index in [0.29, 0.717) is 19.5 Å². The van der Waals surface area contributed by atoms with Crippen LogP contribution in [0.5, 0.6) is 0 Å². The van der Waals surface area contributed by atoms with Gasteiger partial charge in [0.25, 0.3) is 0 Å². The van der Waals surface area contributed by atoms with Crippen LogP contribution in [0.3, 0.4) is 0 Å². The molecule has 1 aromatic heterocycles. The van der Waals surface area contributed by atoms with E-state index in [1.165, 1.54) is 17.8 Å². The summed E-state index contributed by atoms with van der Waals surface area (Å²) in [4.78, 5) is 15.5. The summed E-state index contributed by atoms with van der Waals surface area (Å²) < 4.78 is 0.770. The van der Waals surface area contributed by atoms with Crippen molar-refractivity contribution in [3.8, 4) is 0 Å². The Bertz CT molecular complexity index is 454. The number of amides is 1. The van der Waals surface area contributed by atoms with Gasteiger partial charge in [-0.05, 0) is 31.9 Å². The van der Waals surface area contributed by atoms with Crippen molar-refractivity contribution in [2.75, 3.05) is 6.54 Å². The summed E-state index contributed by atoms with van der Waals surface area (Å²) in [5.74, 6) is 0.168. The average Bonchev–Trinajstić information content (AvgIpc) is 2.81. The molecule has 0 bridgehead atoms. The van der Waals surface area contributed by atoms with E-state index in [2.05, 4.69) is 0 Å². The second-order valence-electron chi connectivity index (χ2n) is 5.71. The standard InChI is InChI=1S/C15H23ClN2OS/c1-2-18(11-12-6-7-13(16)20-12)14(19)10-15(17)8-4-3-5-9-15/h6-7H,2-5,8-11,17H2,1H3. The van der Waals surface area contributed by atoms with Crippen LogP contribution in [0.1, 0.15) is 50.3 Å². The summed E-state index contributed by atoms with van der Waals surface area (Å²) in [5, 5.41) is 0. The molecule has 1 amide bonds. The van der Waals surface area contributed by atoms with Crippen molar-refractivity contribution in [1.82, 2.24) is 4.90 Å². The van der Waals surface area contributed by atoms with Crippen molar-refractivity contribution in [3.05, 3.63) is 21.3 Å². The third-order valence-corrected chi connectivity index (χ3v) is 5.28. The van der Waals surface area contributed by atoms with E-state index in [0.717, 1.165) is 34.9 Å². The number of thiophene rings is 1. The fraction of sp³-hybridized carbons (Fsp3) is 0.667. The fourth-order valence-electron chi connectivity index (χ4n) is 2.85. The number of carbonyl (C=O) groups excluding carboxylic acids is 1. The molecular formula is C15H23ClN2OS. The van der Waals surface area contributed by atoms with E-state index in [-0.39, 0.29) is 11.4 Å². The first-order chi connectivity index (χ1) is 9.52. The smallest absolute Gasteiger partial charge is 0.224 e.